The molecule has 6 fully saturated rings. The molecule has 0 aromatic heterocycles. The van der Waals surface area contributed by atoms with Crippen LogP contribution in [0.15, 0.2) is 0 Å². The molecule has 3 saturated heterocycles. The standard InChI is InChI=1S/C26H48N6O2/c1-2-7-22(8-3-1)31-15-21(26(30-31)19-10-11-24-25(12-19)34-18-33-24)14-27-13-20-6-4-5-9-23(20)32-17-28-16-29-32/h19-30H,1-18H2. The molecule has 0 aromatic rings. The number of hydrogen-bond donors (Lipinski definition) is 4. The molecule has 194 valence electrons. The van der Waals surface area contributed by atoms with Crippen molar-refractivity contribution in [2.24, 2.45) is 17.8 Å². The summed E-state index contributed by atoms with van der Waals surface area (Å²) in [6, 6.07) is 1.98. The SMILES string of the molecule is C1CCC(N2CC(CNCC3CCCCC3N3CNCN3)C(C3CCC4OCOC4C3)N2)CC1. The Morgan fingerprint density at radius 2 is 1.62 bits per heavy atom. The highest BCUT2D eigenvalue weighted by molar-refractivity contribution is 4.97. The van der Waals surface area contributed by atoms with Gasteiger partial charge in [0.2, 0.25) is 0 Å². The zero-order valence-electron chi connectivity index (χ0n) is 21.1. The largest absolute Gasteiger partial charge is 0.349 e. The summed E-state index contributed by atoms with van der Waals surface area (Å²) in [7, 11) is 0. The molecule has 0 aromatic carbocycles. The summed E-state index contributed by atoms with van der Waals surface area (Å²) in [6.07, 6.45) is 16.7. The smallest absolute Gasteiger partial charge is 0.147 e. The lowest BCUT2D eigenvalue weighted by Gasteiger charge is -2.38. The van der Waals surface area contributed by atoms with Gasteiger partial charge in [-0.15, -0.1) is 0 Å². The number of nitrogens with one attached hydrogen (secondary N) is 4. The monoisotopic (exact) mass is 476 g/mol. The maximum atomic E-state index is 5.95. The van der Waals surface area contributed by atoms with Crippen LogP contribution in [0, 0.1) is 17.8 Å². The van der Waals surface area contributed by atoms with Crippen molar-refractivity contribution in [1.29, 1.82) is 0 Å². The van der Waals surface area contributed by atoms with E-state index in [4.69, 9.17) is 9.47 Å². The predicted octanol–water partition coefficient (Wildman–Crippen LogP) is 2.14. The van der Waals surface area contributed by atoms with Crippen molar-refractivity contribution < 1.29 is 9.47 Å². The summed E-state index contributed by atoms with van der Waals surface area (Å²) in [5, 5.41) is 12.6. The van der Waals surface area contributed by atoms with Crippen molar-refractivity contribution in [3.05, 3.63) is 0 Å². The minimum absolute atomic E-state index is 0.322. The first-order chi connectivity index (χ1) is 16.8. The first kappa shape index (κ1) is 24.0. The third kappa shape index (κ3) is 5.35. The van der Waals surface area contributed by atoms with Crippen molar-refractivity contribution in [1.82, 2.24) is 31.5 Å². The van der Waals surface area contributed by atoms with E-state index >= 15 is 0 Å². The quantitative estimate of drug-likeness (QED) is 0.446. The van der Waals surface area contributed by atoms with Gasteiger partial charge in [-0.25, -0.2) is 15.4 Å². The summed E-state index contributed by atoms with van der Waals surface area (Å²) < 4.78 is 11.8. The summed E-state index contributed by atoms with van der Waals surface area (Å²) in [5.41, 5.74) is 7.63. The molecule has 3 aliphatic carbocycles. The highest BCUT2D eigenvalue weighted by Crippen LogP contribution is 2.38. The Kier molecular flexibility index (Phi) is 8.05. The molecular weight excluding hydrogens is 428 g/mol. The maximum absolute atomic E-state index is 5.95. The Morgan fingerprint density at radius 3 is 2.50 bits per heavy atom. The van der Waals surface area contributed by atoms with Crippen LogP contribution in [-0.2, 0) is 9.47 Å². The topological polar surface area (TPSA) is 73.1 Å². The van der Waals surface area contributed by atoms with Gasteiger partial charge in [0.25, 0.3) is 0 Å². The fourth-order valence-electron chi connectivity index (χ4n) is 8.00. The van der Waals surface area contributed by atoms with Gasteiger partial charge in [0.15, 0.2) is 0 Å². The lowest BCUT2D eigenvalue weighted by molar-refractivity contribution is 0.0368. The molecule has 0 radical (unpaired) electrons. The van der Waals surface area contributed by atoms with Gasteiger partial charge in [0.05, 0.1) is 25.5 Å². The van der Waals surface area contributed by atoms with Gasteiger partial charge in [-0.3, -0.25) is 10.7 Å². The average molecular weight is 477 g/mol. The van der Waals surface area contributed by atoms with E-state index in [0.717, 1.165) is 51.2 Å². The van der Waals surface area contributed by atoms with Crippen molar-refractivity contribution in [2.75, 3.05) is 39.8 Å². The lowest BCUT2D eigenvalue weighted by Crippen LogP contribution is -2.50. The van der Waals surface area contributed by atoms with Crippen LogP contribution in [-0.4, -0.2) is 80.1 Å². The normalized spacial score (nSPS) is 42.9. The lowest BCUT2D eigenvalue weighted by atomic mass is 9.77. The minimum atomic E-state index is 0.322. The van der Waals surface area contributed by atoms with Crippen LogP contribution < -0.4 is 21.5 Å². The fraction of sp³-hybridized carbons (Fsp3) is 1.00. The van der Waals surface area contributed by atoms with E-state index in [1.165, 1.54) is 70.8 Å². The molecule has 0 bridgehead atoms. The van der Waals surface area contributed by atoms with Gasteiger partial charge in [0, 0.05) is 37.1 Å². The number of fused-ring (bicyclic) bond motifs is 1. The van der Waals surface area contributed by atoms with E-state index in [-0.39, 0.29) is 0 Å². The Morgan fingerprint density at radius 1 is 0.794 bits per heavy atom. The molecule has 8 nitrogen and oxygen atoms in total. The van der Waals surface area contributed by atoms with Crippen LogP contribution in [0.25, 0.3) is 0 Å². The average Bonchev–Trinajstić information content (AvgIpc) is 3.65. The molecule has 6 aliphatic rings. The van der Waals surface area contributed by atoms with E-state index in [9.17, 15) is 0 Å². The van der Waals surface area contributed by atoms with E-state index in [2.05, 4.69) is 31.5 Å². The molecule has 3 aliphatic heterocycles. The number of hydrogen-bond acceptors (Lipinski definition) is 8. The van der Waals surface area contributed by atoms with Gasteiger partial charge in [-0.1, -0.05) is 32.1 Å². The zero-order valence-corrected chi connectivity index (χ0v) is 21.1. The maximum Gasteiger partial charge on any atom is 0.147 e. The van der Waals surface area contributed by atoms with Crippen LogP contribution in [0.3, 0.4) is 0 Å². The molecule has 8 heteroatoms. The third-order valence-electron chi connectivity index (χ3n) is 9.88. The Hall–Kier alpha value is -0.320. The highest BCUT2D eigenvalue weighted by Gasteiger charge is 2.45. The zero-order chi connectivity index (χ0) is 22.7. The first-order valence-corrected chi connectivity index (χ1v) is 14.5. The van der Waals surface area contributed by atoms with Crippen LogP contribution in [0.5, 0.6) is 0 Å². The fourth-order valence-corrected chi connectivity index (χ4v) is 8.00. The molecule has 7 unspecified atom stereocenters. The Balaban J connectivity index is 1.07. The van der Waals surface area contributed by atoms with Gasteiger partial charge < -0.3 is 14.8 Å². The van der Waals surface area contributed by atoms with E-state index in [1.807, 2.05) is 0 Å². The summed E-state index contributed by atoms with van der Waals surface area (Å²) in [6.45, 7) is 5.90. The van der Waals surface area contributed by atoms with Crippen molar-refractivity contribution >= 4 is 0 Å². The number of rotatable bonds is 7. The second-order valence-electron chi connectivity index (χ2n) is 11.9. The molecule has 34 heavy (non-hydrogen) atoms. The van der Waals surface area contributed by atoms with Gasteiger partial charge >= 0.3 is 0 Å². The molecule has 0 spiro atoms. The van der Waals surface area contributed by atoms with Crippen LogP contribution in [0.4, 0.5) is 0 Å². The first-order valence-electron chi connectivity index (χ1n) is 14.5. The molecule has 3 saturated carbocycles. The van der Waals surface area contributed by atoms with E-state index < -0.39 is 0 Å². The minimum Gasteiger partial charge on any atom is -0.349 e. The Labute approximate surface area is 206 Å². The van der Waals surface area contributed by atoms with E-state index in [1.54, 1.807) is 0 Å². The second-order valence-corrected chi connectivity index (χ2v) is 11.9. The summed E-state index contributed by atoms with van der Waals surface area (Å²) in [5.74, 6) is 2.13. The molecule has 6 rings (SSSR count). The summed E-state index contributed by atoms with van der Waals surface area (Å²) >= 11 is 0. The van der Waals surface area contributed by atoms with Crippen molar-refractivity contribution in [3.8, 4) is 0 Å². The number of nitrogens with zero attached hydrogens (tertiary/aromatic N) is 2. The van der Waals surface area contributed by atoms with Crippen LogP contribution >= 0.6 is 0 Å². The molecule has 7 atom stereocenters. The third-order valence-corrected chi connectivity index (χ3v) is 9.88. The molecule has 3 heterocycles. The van der Waals surface area contributed by atoms with Gasteiger partial charge in [-0.05, 0) is 63.3 Å². The Bertz CT molecular complexity index is 643. The van der Waals surface area contributed by atoms with Gasteiger partial charge in [0.1, 0.15) is 6.79 Å². The van der Waals surface area contributed by atoms with Crippen LogP contribution in [0.1, 0.15) is 77.0 Å². The van der Waals surface area contributed by atoms with E-state index in [0.29, 0.717) is 42.9 Å². The predicted molar refractivity (Wildman–Crippen MR) is 132 cm³/mol. The summed E-state index contributed by atoms with van der Waals surface area (Å²) in [4.78, 5) is 0. The van der Waals surface area contributed by atoms with Crippen molar-refractivity contribution in [2.45, 2.75) is 107 Å². The molecular formula is C26H48N6O2. The molecule has 4 N–H and O–H groups in total. The number of hydrazine groups is 2. The second kappa shape index (κ2) is 11.4. The molecule has 0 amide bonds. The van der Waals surface area contributed by atoms with Crippen LogP contribution in [0.2, 0.25) is 0 Å². The highest BCUT2D eigenvalue weighted by atomic mass is 16.7. The van der Waals surface area contributed by atoms with Gasteiger partial charge in [-0.2, -0.15) is 0 Å². The number of ether oxygens (including phenoxy) is 2. The van der Waals surface area contributed by atoms with Crippen molar-refractivity contribution in [3.63, 3.8) is 0 Å².